The number of nitrogens with zero attached hydrogens (tertiary/aromatic N) is 2. The van der Waals surface area contributed by atoms with E-state index < -0.39 is 17.8 Å². The lowest BCUT2D eigenvalue weighted by molar-refractivity contribution is -0.137. The maximum absolute atomic E-state index is 12.6. The lowest BCUT2D eigenvalue weighted by Crippen LogP contribution is -2.17. The van der Waals surface area contributed by atoms with Gasteiger partial charge in [0, 0.05) is 12.4 Å². The van der Waals surface area contributed by atoms with Gasteiger partial charge in [-0.25, -0.2) is 9.97 Å². The van der Waals surface area contributed by atoms with Crippen molar-refractivity contribution in [2.24, 2.45) is 5.73 Å². The van der Waals surface area contributed by atoms with Crippen LogP contribution in [-0.4, -0.2) is 9.97 Å². The average Bonchev–Trinajstić information content (AvgIpc) is 2.38. The summed E-state index contributed by atoms with van der Waals surface area (Å²) in [6.45, 7) is 1.59. The van der Waals surface area contributed by atoms with Gasteiger partial charge in [-0.15, -0.1) is 0 Å². The van der Waals surface area contributed by atoms with E-state index in [1.165, 1.54) is 6.07 Å². The van der Waals surface area contributed by atoms with Crippen LogP contribution in [0.4, 0.5) is 13.2 Å². The van der Waals surface area contributed by atoms with E-state index in [1.54, 1.807) is 25.4 Å². The number of halogens is 3. The van der Waals surface area contributed by atoms with Crippen molar-refractivity contribution in [3.05, 3.63) is 59.2 Å². The third kappa shape index (κ3) is 2.90. The van der Waals surface area contributed by atoms with Crippen LogP contribution >= 0.6 is 0 Å². The number of hydrogen-bond donors (Lipinski definition) is 1. The summed E-state index contributed by atoms with van der Waals surface area (Å²) in [5, 5.41) is 0. The number of rotatable bonds is 2. The first-order chi connectivity index (χ1) is 8.89. The van der Waals surface area contributed by atoms with Gasteiger partial charge < -0.3 is 5.73 Å². The van der Waals surface area contributed by atoms with E-state index in [9.17, 15) is 13.2 Å². The van der Waals surface area contributed by atoms with Gasteiger partial charge in [0.25, 0.3) is 0 Å². The Balaban J connectivity index is 2.37. The summed E-state index contributed by atoms with van der Waals surface area (Å²) in [4.78, 5) is 8.02. The quantitative estimate of drug-likeness (QED) is 0.910. The Morgan fingerprint density at radius 1 is 1.16 bits per heavy atom. The number of hydrogen-bond acceptors (Lipinski definition) is 3. The fourth-order valence-corrected chi connectivity index (χ4v) is 1.81. The second-order valence-electron chi connectivity index (χ2n) is 4.15. The molecule has 1 atom stereocenters. The fourth-order valence-electron chi connectivity index (χ4n) is 1.81. The van der Waals surface area contributed by atoms with Gasteiger partial charge in [0.2, 0.25) is 0 Å². The van der Waals surface area contributed by atoms with Crippen molar-refractivity contribution >= 4 is 0 Å². The smallest absolute Gasteiger partial charge is 0.318 e. The highest BCUT2D eigenvalue weighted by atomic mass is 19.4. The highest BCUT2D eigenvalue weighted by Gasteiger charge is 2.31. The molecule has 0 fully saturated rings. The highest BCUT2D eigenvalue weighted by Crippen LogP contribution is 2.31. The third-order valence-corrected chi connectivity index (χ3v) is 2.80. The van der Waals surface area contributed by atoms with E-state index >= 15 is 0 Å². The van der Waals surface area contributed by atoms with E-state index in [0.717, 1.165) is 12.1 Å². The molecule has 1 aromatic carbocycles. The summed E-state index contributed by atoms with van der Waals surface area (Å²) in [5.41, 5.74) is 6.33. The Hall–Kier alpha value is -1.95. The second kappa shape index (κ2) is 4.97. The SMILES string of the molecule is Cc1cc(C(F)(F)F)ccc1C(N)c1ncccn1. The molecule has 0 aliphatic heterocycles. The molecule has 2 rings (SSSR count). The molecule has 2 N–H and O–H groups in total. The molecule has 1 aromatic heterocycles. The zero-order valence-corrected chi connectivity index (χ0v) is 10.1. The molecule has 1 heterocycles. The van der Waals surface area contributed by atoms with Crippen molar-refractivity contribution in [1.82, 2.24) is 9.97 Å². The van der Waals surface area contributed by atoms with Crippen LogP contribution in [0.5, 0.6) is 0 Å². The van der Waals surface area contributed by atoms with Gasteiger partial charge in [-0.1, -0.05) is 6.07 Å². The fraction of sp³-hybridized carbons (Fsp3) is 0.231. The molecule has 0 aliphatic carbocycles. The predicted molar refractivity (Wildman–Crippen MR) is 64.2 cm³/mol. The van der Waals surface area contributed by atoms with Gasteiger partial charge in [-0.2, -0.15) is 13.2 Å². The molecule has 0 radical (unpaired) electrons. The van der Waals surface area contributed by atoms with Crippen molar-refractivity contribution in [2.75, 3.05) is 0 Å². The molecule has 2 aromatic rings. The van der Waals surface area contributed by atoms with E-state index in [-0.39, 0.29) is 0 Å². The maximum Gasteiger partial charge on any atom is 0.416 e. The largest absolute Gasteiger partial charge is 0.416 e. The minimum atomic E-state index is -4.35. The summed E-state index contributed by atoms with van der Waals surface area (Å²) in [7, 11) is 0. The zero-order chi connectivity index (χ0) is 14.0. The molecule has 6 heteroatoms. The molecule has 0 aliphatic rings. The van der Waals surface area contributed by atoms with Crippen molar-refractivity contribution in [3.63, 3.8) is 0 Å². The summed E-state index contributed by atoms with van der Waals surface area (Å²) in [5.74, 6) is 0.380. The molecule has 0 saturated heterocycles. The van der Waals surface area contributed by atoms with Crippen molar-refractivity contribution < 1.29 is 13.2 Å². The third-order valence-electron chi connectivity index (χ3n) is 2.80. The molecular formula is C13H12F3N3. The average molecular weight is 267 g/mol. The Labute approximate surface area is 108 Å². The van der Waals surface area contributed by atoms with Gasteiger partial charge in [0.1, 0.15) is 5.82 Å². The summed E-state index contributed by atoms with van der Waals surface area (Å²) < 4.78 is 37.7. The molecule has 0 spiro atoms. The van der Waals surface area contributed by atoms with Gasteiger partial charge in [-0.05, 0) is 36.2 Å². The lowest BCUT2D eigenvalue weighted by atomic mass is 9.98. The molecule has 100 valence electrons. The van der Waals surface area contributed by atoms with Gasteiger partial charge in [-0.3, -0.25) is 0 Å². The van der Waals surface area contributed by atoms with Gasteiger partial charge in [0.05, 0.1) is 11.6 Å². The Morgan fingerprint density at radius 2 is 1.79 bits per heavy atom. The first-order valence-electron chi connectivity index (χ1n) is 5.60. The summed E-state index contributed by atoms with van der Waals surface area (Å²) in [6.07, 6.45) is -1.26. The van der Waals surface area contributed by atoms with Crippen molar-refractivity contribution in [1.29, 1.82) is 0 Å². The molecule has 0 saturated carbocycles. The Morgan fingerprint density at radius 3 is 2.32 bits per heavy atom. The summed E-state index contributed by atoms with van der Waals surface area (Å²) >= 11 is 0. The van der Waals surface area contributed by atoms with Crippen LogP contribution in [0.1, 0.15) is 28.6 Å². The van der Waals surface area contributed by atoms with Crippen molar-refractivity contribution in [2.45, 2.75) is 19.1 Å². The van der Waals surface area contributed by atoms with Crippen molar-refractivity contribution in [3.8, 4) is 0 Å². The maximum atomic E-state index is 12.6. The number of nitrogens with two attached hydrogens (primary N) is 1. The van der Waals surface area contributed by atoms with E-state index in [1.807, 2.05) is 0 Å². The van der Waals surface area contributed by atoms with Crippen LogP contribution in [0.15, 0.2) is 36.7 Å². The minimum Gasteiger partial charge on any atom is -0.318 e. The summed E-state index contributed by atoms with van der Waals surface area (Å²) in [6, 6.07) is 4.49. The van der Waals surface area contributed by atoms with Crippen LogP contribution in [-0.2, 0) is 6.18 Å². The molecule has 19 heavy (non-hydrogen) atoms. The first kappa shape index (κ1) is 13.5. The molecule has 3 nitrogen and oxygen atoms in total. The first-order valence-corrected chi connectivity index (χ1v) is 5.60. The zero-order valence-electron chi connectivity index (χ0n) is 10.1. The monoisotopic (exact) mass is 267 g/mol. The standard InChI is InChI=1S/C13H12F3N3/c1-8-7-9(13(14,15)16)3-4-10(8)11(17)12-18-5-2-6-19-12/h2-7,11H,17H2,1H3. The molecule has 0 bridgehead atoms. The number of alkyl halides is 3. The predicted octanol–water partition coefficient (Wildman–Crippen LogP) is 2.85. The molecule has 0 amide bonds. The highest BCUT2D eigenvalue weighted by molar-refractivity contribution is 5.36. The normalized spacial score (nSPS) is 13.3. The molecular weight excluding hydrogens is 255 g/mol. The second-order valence-corrected chi connectivity index (χ2v) is 4.15. The van der Waals surface area contributed by atoms with E-state index in [2.05, 4.69) is 9.97 Å². The van der Waals surface area contributed by atoms with Gasteiger partial charge in [0.15, 0.2) is 0 Å². The molecule has 1 unspecified atom stereocenters. The minimum absolute atomic E-state index is 0.380. The number of benzene rings is 1. The topological polar surface area (TPSA) is 51.8 Å². The Bertz CT molecular complexity index is 567. The van der Waals surface area contributed by atoms with Crippen LogP contribution in [0.3, 0.4) is 0 Å². The van der Waals surface area contributed by atoms with Crippen LogP contribution in [0.2, 0.25) is 0 Å². The van der Waals surface area contributed by atoms with E-state index in [4.69, 9.17) is 5.73 Å². The Kier molecular flexibility index (Phi) is 3.53. The van der Waals surface area contributed by atoms with E-state index in [0.29, 0.717) is 17.0 Å². The number of aromatic nitrogens is 2. The van der Waals surface area contributed by atoms with Crippen LogP contribution < -0.4 is 5.73 Å². The number of aryl methyl sites for hydroxylation is 1. The van der Waals surface area contributed by atoms with Crippen LogP contribution in [0, 0.1) is 6.92 Å². The van der Waals surface area contributed by atoms with Crippen LogP contribution in [0.25, 0.3) is 0 Å². The lowest BCUT2D eigenvalue weighted by Gasteiger charge is -2.15. The van der Waals surface area contributed by atoms with Gasteiger partial charge >= 0.3 is 6.18 Å².